The first kappa shape index (κ1) is 50.8. The molecule has 0 atom stereocenters. The molecule has 0 bridgehead atoms. The van der Waals surface area contributed by atoms with E-state index in [4.69, 9.17) is 4.98 Å². The molecule has 0 amide bonds. The van der Waals surface area contributed by atoms with E-state index in [1.54, 1.807) is 37.3 Å². The molecule has 422 valence electrons. The topological polar surface area (TPSA) is 95.0 Å². The van der Waals surface area contributed by atoms with E-state index >= 15 is 0 Å². The van der Waals surface area contributed by atoms with Crippen LogP contribution < -0.4 is 0 Å². The van der Waals surface area contributed by atoms with Gasteiger partial charge in [0.1, 0.15) is 10.9 Å². The zero-order chi connectivity index (χ0) is 59.3. The van der Waals surface area contributed by atoms with Crippen LogP contribution in [0.3, 0.4) is 0 Å². The monoisotopic (exact) mass is 1220 g/mol. The number of fused-ring (bicyclic) bond motifs is 30. The molecule has 6 heterocycles. The van der Waals surface area contributed by atoms with Gasteiger partial charge >= 0.3 is 0 Å². The number of nitrogens with one attached hydrogen (secondary N) is 1. The molecule has 0 radical (unpaired) electrons. The molecule has 0 saturated carbocycles. The summed E-state index contributed by atoms with van der Waals surface area (Å²) in [5.41, 5.74) is 30.6. The van der Waals surface area contributed by atoms with Crippen LogP contribution in [0.5, 0.6) is 0 Å². The Labute approximate surface area is 527 Å². The Hall–Kier alpha value is -11.3. The summed E-state index contributed by atoms with van der Waals surface area (Å²) >= 11 is 3.60. The standard InChI is InChI=1S/C30H19N5.C27H16BrN3.C23H15N/c1-4-10-23-20(7-1)21-8-2-5-11-24(21)30(23)25-12-6-3-9-22(25)27-26(30)13-17-35(27)29-28(32-14-15-33-29)34-18-16-31-19-34;28-25-26(30-15-14-29-25)31-16-13-23-24(31)19-9-3-6-12-22(19)27(23)20-10-4-1-7-17(20)18-8-2-5-11-21(18)27;1-4-10-18-15(7-1)16-8-2-5-11-19(16)23(18)20-12-6-3-9-17(20)22-21(23)13-14-24-22/h1-19H;1-16H;1-14,24H. The third kappa shape index (κ3) is 6.46. The number of aromatic amines is 1. The fraction of sp³-hybridized carbons (Fsp3) is 0.0375. The predicted octanol–water partition coefficient (Wildman–Crippen LogP) is 17.5. The lowest BCUT2D eigenvalue weighted by Gasteiger charge is -2.29. The SMILES string of the molecule is Brc1nccnc1-n1ccc2c1-c1ccccc1C21c2ccccc2-c2ccccc21.c1ccc2c(c1)-c1ccccc1C21c2ccccc2-c2[nH]ccc21.c1ccc2c(c1)-c1ccccc1C21c2ccccc2-c2c1ccn2-c1nccnc1-n1ccnc1. The van der Waals surface area contributed by atoms with E-state index in [9.17, 15) is 0 Å². The van der Waals surface area contributed by atoms with Crippen molar-refractivity contribution >= 4 is 15.9 Å². The number of halogens is 1. The van der Waals surface area contributed by atoms with E-state index in [1.807, 2.05) is 10.8 Å². The second-order valence-electron chi connectivity index (χ2n) is 23.7. The normalized spacial score (nSPS) is 14.3. The summed E-state index contributed by atoms with van der Waals surface area (Å²) in [6.07, 6.45) is 18.7. The molecule has 6 aliphatic rings. The van der Waals surface area contributed by atoms with Crippen molar-refractivity contribution in [2.24, 2.45) is 0 Å². The van der Waals surface area contributed by atoms with Crippen LogP contribution in [0.1, 0.15) is 66.8 Å². The van der Waals surface area contributed by atoms with Gasteiger partial charge in [-0.25, -0.2) is 24.9 Å². The molecule has 90 heavy (non-hydrogen) atoms. The van der Waals surface area contributed by atoms with Crippen LogP contribution in [-0.4, -0.2) is 43.6 Å². The van der Waals surface area contributed by atoms with Crippen LogP contribution >= 0.6 is 15.9 Å². The van der Waals surface area contributed by atoms with Crippen molar-refractivity contribution in [1.82, 2.24) is 43.6 Å². The van der Waals surface area contributed by atoms with Gasteiger partial charge in [0, 0.05) is 72.5 Å². The quantitative estimate of drug-likeness (QED) is 0.190. The van der Waals surface area contributed by atoms with Crippen LogP contribution in [0.4, 0.5) is 0 Å². The third-order valence-electron chi connectivity index (χ3n) is 19.9. The molecule has 0 unspecified atom stereocenters. The zero-order valence-corrected chi connectivity index (χ0v) is 49.8. The zero-order valence-electron chi connectivity index (χ0n) is 48.2. The summed E-state index contributed by atoms with van der Waals surface area (Å²) in [6.45, 7) is 0. The maximum absolute atomic E-state index is 4.78. The average molecular weight is 1220 g/mol. The minimum absolute atomic E-state index is 0.181. The molecule has 0 saturated heterocycles. The molecule has 0 fully saturated rings. The molecular formula is C80H50BrN9. The summed E-state index contributed by atoms with van der Waals surface area (Å²) in [4.78, 5) is 26.2. The molecule has 9 aromatic carbocycles. The van der Waals surface area contributed by atoms with Crippen LogP contribution in [-0.2, 0) is 16.2 Å². The minimum atomic E-state index is -0.359. The number of hydrogen-bond acceptors (Lipinski definition) is 5. The van der Waals surface area contributed by atoms with Gasteiger partial charge in [-0.2, -0.15) is 0 Å². The summed E-state index contributed by atoms with van der Waals surface area (Å²) < 4.78 is 7.00. The molecule has 6 aliphatic carbocycles. The average Bonchev–Trinajstić information content (AvgIpc) is 1.53. The number of nitrogens with zero attached hydrogens (tertiary/aromatic N) is 8. The Morgan fingerprint density at radius 3 is 1.03 bits per heavy atom. The smallest absolute Gasteiger partial charge is 0.182 e. The van der Waals surface area contributed by atoms with Crippen molar-refractivity contribution in [2.75, 3.05) is 0 Å². The van der Waals surface area contributed by atoms with Crippen LogP contribution in [0.2, 0.25) is 0 Å². The molecule has 9 nitrogen and oxygen atoms in total. The Morgan fingerprint density at radius 1 is 0.289 bits per heavy atom. The number of aromatic nitrogens is 9. The van der Waals surface area contributed by atoms with E-state index in [0.29, 0.717) is 0 Å². The van der Waals surface area contributed by atoms with E-state index in [0.717, 1.165) is 27.8 Å². The van der Waals surface area contributed by atoms with Gasteiger partial charge in [-0.3, -0.25) is 13.7 Å². The van der Waals surface area contributed by atoms with E-state index in [-0.39, 0.29) is 16.2 Å². The second kappa shape index (κ2) is 19.1. The Balaban J connectivity index is 0.0000000988. The maximum atomic E-state index is 4.78. The molecule has 6 aromatic heterocycles. The first-order valence-electron chi connectivity index (χ1n) is 30.4. The van der Waals surface area contributed by atoms with Gasteiger partial charge in [-0.1, -0.05) is 218 Å². The summed E-state index contributed by atoms with van der Waals surface area (Å²) in [7, 11) is 0. The highest BCUT2D eigenvalue weighted by Gasteiger charge is 2.55. The van der Waals surface area contributed by atoms with Crippen molar-refractivity contribution in [1.29, 1.82) is 0 Å². The molecule has 3 spiro atoms. The van der Waals surface area contributed by atoms with Crippen LogP contribution in [0, 0.1) is 0 Å². The van der Waals surface area contributed by atoms with Crippen LogP contribution in [0.15, 0.2) is 303 Å². The number of hydrogen-bond donors (Lipinski definition) is 1. The molecule has 0 aliphatic heterocycles. The number of imidazole rings is 1. The maximum Gasteiger partial charge on any atom is 0.182 e. The van der Waals surface area contributed by atoms with E-state index in [1.165, 1.54) is 128 Å². The van der Waals surface area contributed by atoms with Gasteiger partial charge in [-0.15, -0.1) is 0 Å². The predicted molar refractivity (Wildman–Crippen MR) is 357 cm³/mol. The number of benzene rings is 9. The van der Waals surface area contributed by atoms with Gasteiger partial charge in [0.25, 0.3) is 0 Å². The van der Waals surface area contributed by atoms with E-state index < -0.39 is 0 Å². The van der Waals surface area contributed by atoms with Crippen LogP contribution in [0.25, 0.3) is 84.6 Å². The Bertz CT molecular complexity index is 5310. The van der Waals surface area contributed by atoms with Crippen molar-refractivity contribution in [3.8, 4) is 84.6 Å². The van der Waals surface area contributed by atoms with Crippen molar-refractivity contribution in [3.63, 3.8) is 0 Å². The highest BCUT2D eigenvalue weighted by Crippen LogP contribution is 2.66. The molecular weight excluding hydrogens is 1170 g/mol. The number of rotatable bonds is 3. The first-order valence-corrected chi connectivity index (χ1v) is 31.2. The summed E-state index contributed by atoms with van der Waals surface area (Å²) in [5.74, 6) is 2.32. The first-order chi connectivity index (χ1) is 44.6. The minimum Gasteiger partial charge on any atom is -0.361 e. The third-order valence-corrected chi connectivity index (χ3v) is 20.4. The molecule has 15 aromatic rings. The Kier molecular flexibility index (Phi) is 10.8. The molecule has 10 heteroatoms. The van der Waals surface area contributed by atoms with Gasteiger partial charge in [0.15, 0.2) is 17.5 Å². The molecule has 21 rings (SSSR count). The Morgan fingerprint density at radius 2 is 0.622 bits per heavy atom. The van der Waals surface area contributed by atoms with E-state index in [2.05, 4.69) is 305 Å². The highest BCUT2D eigenvalue weighted by molar-refractivity contribution is 9.10. The van der Waals surface area contributed by atoms with Gasteiger partial charge in [0.05, 0.1) is 33.3 Å². The number of H-pyrrole nitrogens is 1. The van der Waals surface area contributed by atoms with Gasteiger partial charge in [-0.05, 0) is 134 Å². The fourth-order valence-corrected chi connectivity index (χ4v) is 17.2. The summed E-state index contributed by atoms with van der Waals surface area (Å²) in [6, 6.07) is 86.3. The highest BCUT2D eigenvalue weighted by atomic mass is 79.9. The van der Waals surface area contributed by atoms with Gasteiger partial charge in [0.2, 0.25) is 0 Å². The molecule has 1 N–H and O–H groups in total. The summed E-state index contributed by atoms with van der Waals surface area (Å²) in [5, 5.41) is 0. The van der Waals surface area contributed by atoms with Crippen molar-refractivity contribution < 1.29 is 0 Å². The fourth-order valence-electron chi connectivity index (χ4n) is 16.8. The van der Waals surface area contributed by atoms with Gasteiger partial charge < -0.3 is 4.98 Å². The van der Waals surface area contributed by atoms with Crippen molar-refractivity contribution in [3.05, 3.63) is 370 Å². The second-order valence-corrected chi connectivity index (χ2v) is 24.4. The lowest BCUT2D eigenvalue weighted by Crippen LogP contribution is -2.25. The lowest BCUT2D eigenvalue weighted by atomic mass is 9.71. The largest absolute Gasteiger partial charge is 0.361 e. The van der Waals surface area contributed by atoms with Crippen molar-refractivity contribution in [2.45, 2.75) is 16.2 Å². The lowest BCUT2D eigenvalue weighted by molar-refractivity contribution is 0.795.